The molecule has 0 spiro atoms. The maximum Gasteiger partial charge on any atom is 0.241 e. The van der Waals surface area contributed by atoms with E-state index in [0.717, 1.165) is 13.0 Å². The molecule has 0 aliphatic heterocycles. The Morgan fingerprint density at radius 2 is 2.36 bits per heavy atom. The van der Waals surface area contributed by atoms with Crippen molar-refractivity contribution < 1.29 is 4.79 Å². The summed E-state index contributed by atoms with van der Waals surface area (Å²) in [5.41, 5.74) is 0. The number of rotatable bonds is 5. The fourth-order valence-corrected chi connectivity index (χ4v) is 1.10. The van der Waals surface area contributed by atoms with Crippen molar-refractivity contribution in [2.24, 2.45) is 5.92 Å². The number of hydrogen-bond acceptors (Lipinski definition) is 2. The van der Waals surface area contributed by atoms with Crippen molar-refractivity contribution >= 4 is 5.91 Å². The molecule has 78 valence electrons. The van der Waals surface area contributed by atoms with Gasteiger partial charge >= 0.3 is 0 Å². The molecule has 0 saturated carbocycles. The summed E-state index contributed by atoms with van der Waals surface area (Å²) in [5.74, 6) is 0.648. The van der Waals surface area contributed by atoms with Crippen LogP contribution in [0.3, 0.4) is 0 Å². The van der Waals surface area contributed by atoms with Gasteiger partial charge in [0, 0.05) is 18.9 Å². The van der Waals surface area contributed by atoms with Crippen molar-refractivity contribution in [2.75, 3.05) is 6.54 Å². The summed E-state index contributed by atoms with van der Waals surface area (Å²) in [6.45, 7) is 5.34. The zero-order valence-corrected chi connectivity index (χ0v) is 8.73. The SMILES string of the molecule is CC(C)CCNC(=O)Cn1cccn1. The maximum atomic E-state index is 11.3. The highest BCUT2D eigenvalue weighted by atomic mass is 16.2. The Kier molecular flexibility index (Phi) is 4.16. The Morgan fingerprint density at radius 1 is 1.57 bits per heavy atom. The fraction of sp³-hybridized carbons (Fsp3) is 0.600. The number of nitrogens with zero attached hydrogens (tertiary/aromatic N) is 2. The molecule has 1 amide bonds. The fourth-order valence-electron chi connectivity index (χ4n) is 1.10. The van der Waals surface area contributed by atoms with E-state index >= 15 is 0 Å². The molecule has 4 heteroatoms. The van der Waals surface area contributed by atoms with Crippen LogP contribution in [0.2, 0.25) is 0 Å². The van der Waals surface area contributed by atoms with E-state index in [1.807, 2.05) is 0 Å². The molecule has 0 bridgehead atoms. The van der Waals surface area contributed by atoms with Gasteiger partial charge in [-0.2, -0.15) is 5.10 Å². The average Bonchev–Trinajstić information content (AvgIpc) is 2.56. The minimum absolute atomic E-state index is 0.0225. The number of carbonyl (C=O) groups excluding carboxylic acids is 1. The van der Waals surface area contributed by atoms with Crippen LogP contribution in [0.5, 0.6) is 0 Å². The molecule has 1 N–H and O–H groups in total. The van der Waals surface area contributed by atoms with Crippen LogP contribution in [0.15, 0.2) is 18.5 Å². The second-order valence-corrected chi connectivity index (χ2v) is 3.74. The Morgan fingerprint density at radius 3 is 2.93 bits per heavy atom. The lowest BCUT2D eigenvalue weighted by atomic mass is 10.1. The molecule has 1 rings (SSSR count). The van der Waals surface area contributed by atoms with Gasteiger partial charge in [-0.15, -0.1) is 0 Å². The van der Waals surface area contributed by atoms with Crippen molar-refractivity contribution in [1.29, 1.82) is 0 Å². The standard InChI is InChI=1S/C10H17N3O/c1-9(2)4-6-11-10(14)8-13-7-3-5-12-13/h3,5,7,9H,4,6,8H2,1-2H3,(H,11,14). The van der Waals surface area contributed by atoms with Gasteiger partial charge in [0.1, 0.15) is 6.54 Å². The lowest BCUT2D eigenvalue weighted by Gasteiger charge is -2.06. The maximum absolute atomic E-state index is 11.3. The molecule has 0 aromatic carbocycles. The van der Waals surface area contributed by atoms with Crippen molar-refractivity contribution in [2.45, 2.75) is 26.8 Å². The smallest absolute Gasteiger partial charge is 0.241 e. The van der Waals surface area contributed by atoms with Crippen molar-refractivity contribution in [1.82, 2.24) is 15.1 Å². The van der Waals surface area contributed by atoms with Gasteiger partial charge < -0.3 is 5.32 Å². The topological polar surface area (TPSA) is 46.9 Å². The van der Waals surface area contributed by atoms with Gasteiger partial charge in [0.2, 0.25) is 5.91 Å². The third kappa shape index (κ3) is 4.07. The van der Waals surface area contributed by atoms with E-state index in [1.165, 1.54) is 0 Å². The van der Waals surface area contributed by atoms with E-state index in [0.29, 0.717) is 12.5 Å². The third-order valence-electron chi connectivity index (χ3n) is 1.91. The summed E-state index contributed by atoms with van der Waals surface area (Å²) in [6.07, 6.45) is 4.47. The van der Waals surface area contributed by atoms with Crippen LogP contribution in [0.4, 0.5) is 0 Å². The van der Waals surface area contributed by atoms with Crippen LogP contribution in [0.25, 0.3) is 0 Å². The highest BCUT2D eigenvalue weighted by molar-refractivity contribution is 5.75. The highest BCUT2D eigenvalue weighted by Crippen LogP contribution is 1.96. The number of aromatic nitrogens is 2. The zero-order valence-electron chi connectivity index (χ0n) is 8.73. The summed E-state index contributed by atoms with van der Waals surface area (Å²) in [6, 6.07) is 1.81. The number of hydrogen-bond donors (Lipinski definition) is 1. The lowest BCUT2D eigenvalue weighted by Crippen LogP contribution is -2.29. The van der Waals surface area contributed by atoms with E-state index in [1.54, 1.807) is 23.1 Å². The minimum Gasteiger partial charge on any atom is -0.354 e. The molecule has 1 heterocycles. The molecule has 1 aromatic heterocycles. The molecular weight excluding hydrogens is 178 g/mol. The van der Waals surface area contributed by atoms with Crippen molar-refractivity contribution in [3.05, 3.63) is 18.5 Å². The summed E-state index contributed by atoms with van der Waals surface area (Å²) >= 11 is 0. The Bertz CT molecular complexity index is 267. The Labute approximate surface area is 84.3 Å². The normalized spacial score (nSPS) is 10.5. The van der Waals surface area contributed by atoms with Crippen LogP contribution in [-0.4, -0.2) is 22.2 Å². The highest BCUT2D eigenvalue weighted by Gasteiger charge is 2.02. The first-order valence-corrected chi connectivity index (χ1v) is 4.92. The molecule has 0 atom stereocenters. The van der Waals surface area contributed by atoms with E-state index in [9.17, 15) is 4.79 Å². The summed E-state index contributed by atoms with van der Waals surface area (Å²) < 4.78 is 1.62. The van der Waals surface area contributed by atoms with Gasteiger partial charge in [-0.1, -0.05) is 13.8 Å². The van der Waals surface area contributed by atoms with E-state index < -0.39 is 0 Å². The van der Waals surface area contributed by atoms with E-state index in [2.05, 4.69) is 24.3 Å². The number of carbonyl (C=O) groups is 1. The van der Waals surface area contributed by atoms with Gasteiger partial charge in [-0.05, 0) is 18.4 Å². The van der Waals surface area contributed by atoms with Gasteiger partial charge in [0.05, 0.1) is 0 Å². The van der Waals surface area contributed by atoms with Gasteiger partial charge in [0.15, 0.2) is 0 Å². The Balaban J connectivity index is 2.17. The number of nitrogens with one attached hydrogen (secondary N) is 1. The molecule has 0 saturated heterocycles. The number of amides is 1. The van der Waals surface area contributed by atoms with Gasteiger partial charge in [-0.3, -0.25) is 9.48 Å². The summed E-state index contributed by atoms with van der Waals surface area (Å²) in [5, 5.41) is 6.81. The monoisotopic (exact) mass is 195 g/mol. The first kappa shape index (κ1) is 10.8. The molecule has 1 aromatic rings. The summed E-state index contributed by atoms with van der Waals surface area (Å²) in [4.78, 5) is 11.3. The van der Waals surface area contributed by atoms with Crippen LogP contribution < -0.4 is 5.32 Å². The molecule has 0 fully saturated rings. The van der Waals surface area contributed by atoms with Crippen LogP contribution in [0, 0.1) is 5.92 Å². The first-order valence-electron chi connectivity index (χ1n) is 4.92. The average molecular weight is 195 g/mol. The second-order valence-electron chi connectivity index (χ2n) is 3.74. The van der Waals surface area contributed by atoms with Crippen LogP contribution >= 0.6 is 0 Å². The van der Waals surface area contributed by atoms with Crippen molar-refractivity contribution in [3.8, 4) is 0 Å². The second kappa shape index (κ2) is 5.42. The predicted molar refractivity (Wildman–Crippen MR) is 54.7 cm³/mol. The third-order valence-corrected chi connectivity index (χ3v) is 1.91. The predicted octanol–water partition coefficient (Wildman–Crippen LogP) is 1.05. The molecule has 0 unspecified atom stereocenters. The molecular formula is C10H17N3O. The van der Waals surface area contributed by atoms with Crippen LogP contribution in [0.1, 0.15) is 20.3 Å². The summed E-state index contributed by atoms with van der Waals surface area (Å²) in [7, 11) is 0. The Hall–Kier alpha value is -1.32. The molecule has 0 aliphatic rings. The van der Waals surface area contributed by atoms with E-state index in [-0.39, 0.29) is 5.91 Å². The van der Waals surface area contributed by atoms with E-state index in [4.69, 9.17) is 0 Å². The minimum atomic E-state index is 0.0225. The van der Waals surface area contributed by atoms with Crippen LogP contribution in [-0.2, 0) is 11.3 Å². The van der Waals surface area contributed by atoms with Crippen molar-refractivity contribution in [3.63, 3.8) is 0 Å². The first-order chi connectivity index (χ1) is 6.68. The molecule has 14 heavy (non-hydrogen) atoms. The largest absolute Gasteiger partial charge is 0.354 e. The molecule has 4 nitrogen and oxygen atoms in total. The van der Waals surface area contributed by atoms with Gasteiger partial charge in [0.25, 0.3) is 0 Å². The zero-order chi connectivity index (χ0) is 10.4. The lowest BCUT2D eigenvalue weighted by molar-refractivity contribution is -0.121. The van der Waals surface area contributed by atoms with Gasteiger partial charge in [-0.25, -0.2) is 0 Å². The molecule has 0 aliphatic carbocycles. The quantitative estimate of drug-likeness (QED) is 0.763. The molecule has 0 radical (unpaired) electrons.